The summed E-state index contributed by atoms with van der Waals surface area (Å²) in [5.74, 6) is -0.0481. The maximum absolute atomic E-state index is 13.3. The molecule has 0 bridgehead atoms. The van der Waals surface area contributed by atoms with Gasteiger partial charge in [0, 0.05) is 39.7 Å². The van der Waals surface area contributed by atoms with Gasteiger partial charge in [0.15, 0.2) is 11.4 Å². The molecule has 0 atom stereocenters. The number of hydrogen-bond donors (Lipinski definition) is 4. The fraction of sp³-hybridized carbons (Fsp3) is 0.154. The molecule has 0 spiro atoms. The number of nitrogens with one attached hydrogen (secondary N) is 4. The SMILES string of the molecule is CC(C)(C)C(=O)c1c[nH]c2ncc(-c3cc(NS(=O)(=O)c4ccc5[nH]ncc5c4)c4cc[nH]c4c3)nc12. The lowest BCUT2D eigenvalue weighted by Gasteiger charge is -2.15. The summed E-state index contributed by atoms with van der Waals surface area (Å²) >= 11 is 0. The molecule has 11 heteroatoms. The molecule has 10 nitrogen and oxygen atoms in total. The maximum atomic E-state index is 13.3. The largest absolute Gasteiger partial charge is 0.361 e. The summed E-state index contributed by atoms with van der Waals surface area (Å²) < 4.78 is 29.4. The van der Waals surface area contributed by atoms with E-state index in [-0.39, 0.29) is 10.7 Å². The van der Waals surface area contributed by atoms with E-state index in [2.05, 4.69) is 29.9 Å². The van der Waals surface area contributed by atoms with Crippen molar-refractivity contribution in [2.75, 3.05) is 4.72 Å². The highest BCUT2D eigenvalue weighted by Gasteiger charge is 2.26. The number of hydrogen-bond acceptors (Lipinski definition) is 6. The molecule has 0 aliphatic carbocycles. The summed E-state index contributed by atoms with van der Waals surface area (Å²) in [6, 6.07) is 10.2. The number of benzene rings is 2. The van der Waals surface area contributed by atoms with Crippen molar-refractivity contribution < 1.29 is 13.2 Å². The summed E-state index contributed by atoms with van der Waals surface area (Å²) in [7, 11) is -3.90. The van der Waals surface area contributed by atoms with Gasteiger partial charge in [-0.3, -0.25) is 14.6 Å². The van der Waals surface area contributed by atoms with Gasteiger partial charge in [0.1, 0.15) is 5.52 Å². The molecule has 0 aliphatic heterocycles. The van der Waals surface area contributed by atoms with Crippen LogP contribution in [-0.4, -0.2) is 44.3 Å². The molecule has 4 N–H and O–H groups in total. The fourth-order valence-electron chi connectivity index (χ4n) is 4.30. The molecule has 0 fully saturated rings. The molecule has 0 amide bonds. The lowest BCUT2D eigenvalue weighted by molar-refractivity contribution is 0.0860. The van der Waals surface area contributed by atoms with Gasteiger partial charge in [-0.05, 0) is 36.4 Å². The third kappa shape index (κ3) is 3.93. The van der Waals surface area contributed by atoms with Gasteiger partial charge >= 0.3 is 0 Å². The number of aromatic amines is 3. The predicted molar refractivity (Wildman–Crippen MR) is 142 cm³/mol. The van der Waals surface area contributed by atoms with Crippen molar-refractivity contribution in [2.24, 2.45) is 5.41 Å². The Hall–Kier alpha value is -4.51. The van der Waals surface area contributed by atoms with E-state index in [0.29, 0.717) is 44.4 Å². The van der Waals surface area contributed by atoms with Crippen LogP contribution in [0.5, 0.6) is 0 Å². The Labute approximate surface area is 211 Å². The van der Waals surface area contributed by atoms with Crippen LogP contribution in [-0.2, 0) is 10.0 Å². The Morgan fingerprint density at radius 1 is 1.00 bits per heavy atom. The zero-order valence-electron chi connectivity index (χ0n) is 20.2. The number of carbonyl (C=O) groups excluding carboxylic acids is 1. The quantitative estimate of drug-likeness (QED) is 0.238. The normalized spacial score (nSPS) is 12.5. The van der Waals surface area contributed by atoms with Gasteiger partial charge in [-0.25, -0.2) is 18.4 Å². The molecule has 0 radical (unpaired) electrons. The van der Waals surface area contributed by atoms with Crippen molar-refractivity contribution in [3.63, 3.8) is 0 Å². The van der Waals surface area contributed by atoms with Crippen molar-refractivity contribution in [1.82, 2.24) is 30.1 Å². The van der Waals surface area contributed by atoms with E-state index in [9.17, 15) is 13.2 Å². The number of carbonyl (C=O) groups is 1. The van der Waals surface area contributed by atoms with E-state index in [1.165, 1.54) is 6.07 Å². The zero-order chi connectivity index (χ0) is 25.9. The number of sulfonamides is 1. The number of rotatable bonds is 5. The van der Waals surface area contributed by atoms with Crippen molar-refractivity contribution in [2.45, 2.75) is 25.7 Å². The van der Waals surface area contributed by atoms with Gasteiger partial charge < -0.3 is 9.97 Å². The lowest BCUT2D eigenvalue weighted by Crippen LogP contribution is -2.20. The van der Waals surface area contributed by atoms with E-state index >= 15 is 0 Å². The molecular formula is C26H23N7O3S. The third-order valence-electron chi connectivity index (χ3n) is 6.24. The van der Waals surface area contributed by atoms with E-state index in [0.717, 1.165) is 11.0 Å². The first kappa shape index (κ1) is 22.9. The van der Waals surface area contributed by atoms with E-state index in [1.54, 1.807) is 49.1 Å². The molecule has 2 aromatic carbocycles. The van der Waals surface area contributed by atoms with Gasteiger partial charge in [0.25, 0.3) is 10.0 Å². The minimum Gasteiger partial charge on any atom is -0.361 e. The second kappa shape index (κ2) is 8.00. The first-order valence-corrected chi connectivity index (χ1v) is 13.0. The van der Waals surface area contributed by atoms with E-state index in [1.807, 2.05) is 26.8 Å². The Morgan fingerprint density at radius 3 is 2.65 bits per heavy atom. The Bertz CT molecular complexity index is 1940. The summed E-state index contributed by atoms with van der Waals surface area (Å²) in [5, 5.41) is 8.17. The average Bonchev–Trinajstić information content (AvgIpc) is 3.60. The van der Waals surface area contributed by atoms with Crippen LogP contribution in [0.2, 0.25) is 0 Å². The van der Waals surface area contributed by atoms with Crippen LogP contribution in [0.4, 0.5) is 5.69 Å². The topological polar surface area (TPSA) is 149 Å². The first-order valence-electron chi connectivity index (χ1n) is 11.6. The first-order chi connectivity index (χ1) is 17.6. The van der Waals surface area contributed by atoms with Crippen LogP contribution in [0.15, 0.2) is 66.1 Å². The molecule has 0 unspecified atom stereocenters. The van der Waals surface area contributed by atoms with Gasteiger partial charge in [0.05, 0.1) is 39.8 Å². The smallest absolute Gasteiger partial charge is 0.261 e. The number of Topliss-reactive ketones (excluding diaryl/α,β-unsaturated/α-hetero) is 1. The summed E-state index contributed by atoms with van der Waals surface area (Å²) in [6.45, 7) is 5.56. The fourth-order valence-corrected chi connectivity index (χ4v) is 5.40. The number of fused-ring (bicyclic) bond motifs is 3. The van der Waals surface area contributed by atoms with E-state index in [4.69, 9.17) is 4.98 Å². The van der Waals surface area contributed by atoms with Gasteiger partial charge in [-0.15, -0.1) is 0 Å². The summed E-state index contributed by atoms with van der Waals surface area (Å²) in [5.41, 5.74) is 3.87. The van der Waals surface area contributed by atoms with Crippen LogP contribution in [0.1, 0.15) is 31.1 Å². The maximum Gasteiger partial charge on any atom is 0.261 e. The molecule has 0 aliphatic rings. The number of nitrogens with zero attached hydrogens (tertiary/aromatic N) is 3. The van der Waals surface area contributed by atoms with E-state index < -0.39 is 15.4 Å². The van der Waals surface area contributed by atoms with Crippen LogP contribution in [0, 0.1) is 5.41 Å². The molecule has 0 saturated heterocycles. The lowest BCUT2D eigenvalue weighted by atomic mass is 9.87. The Morgan fingerprint density at radius 2 is 1.84 bits per heavy atom. The molecule has 6 aromatic rings. The van der Waals surface area contributed by atoms with Crippen molar-refractivity contribution in [3.8, 4) is 11.3 Å². The molecule has 4 aromatic heterocycles. The summed E-state index contributed by atoms with van der Waals surface area (Å²) in [4.78, 5) is 28.4. The Balaban J connectivity index is 1.44. The average molecular weight is 514 g/mol. The van der Waals surface area contributed by atoms with Crippen LogP contribution >= 0.6 is 0 Å². The standard InChI is InChI=1S/C26H23N7O3S/c1-26(2,3)24(34)18-12-28-25-23(18)31-22(13-29-25)14-9-20-17(6-7-27-20)21(10-14)33-37(35,36)16-4-5-19-15(8-16)11-30-32-19/h4-13,27,33H,1-3H3,(H,28,29)(H,30,32). The van der Waals surface area contributed by atoms with Crippen LogP contribution in [0.25, 0.3) is 44.2 Å². The van der Waals surface area contributed by atoms with Crippen molar-refractivity contribution >= 4 is 54.5 Å². The molecule has 4 heterocycles. The second-order valence-corrected chi connectivity index (χ2v) is 11.6. The van der Waals surface area contributed by atoms with Crippen molar-refractivity contribution in [1.29, 1.82) is 0 Å². The van der Waals surface area contributed by atoms with Gasteiger partial charge in [0.2, 0.25) is 0 Å². The number of H-pyrrole nitrogens is 3. The molecule has 186 valence electrons. The molecule has 0 saturated carbocycles. The predicted octanol–water partition coefficient (Wildman–Crippen LogP) is 5.01. The van der Waals surface area contributed by atoms with Crippen LogP contribution < -0.4 is 4.72 Å². The third-order valence-corrected chi connectivity index (χ3v) is 7.60. The summed E-state index contributed by atoms with van der Waals surface area (Å²) in [6.07, 6.45) is 6.55. The van der Waals surface area contributed by atoms with Crippen molar-refractivity contribution in [3.05, 3.63) is 66.7 Å². The Kier molecular flexibility index (Phi) is 4.96. The minimum atomic E-state index is -3.90. The molecular weight excluding hydrogens is 490 g/mol. The van der Waals surface area contributed by atoms with Gasteiger partial charge in [-0.2, -0.15) is 5.10 Å². The monoisotopic (exact) mass is 513 g/mol. The highest BCUT2D eigenvalue weighted by atomic mass is 32.2. The number of aromatic nitrogens is 6. The molecule has 37 heavy (non-hydrogen) atoms. The highest BCUT2D eigenvalue weighted by Crippen LogP contribution is 2.33. The minimum absolute atomic E-state index is 0.0481. The zero-order valence-corrected chi connectivity index (χ0v) is 21.1. The van der Waals surface area contributed by atoms with Gasteiger partial charge in [-0.1, -0.05) is 20.8 Å². The number of anilines is 1. The highest BCUT2D eigenvalue weighted by molar-refractivity contribution is 7.92. The van der Waals surface area contributed by atoms with Crippen LogP contribution in [0.3, 0.4) is 0 Å². The number of ketones is 1. The second-order valence-electron chi connectivity index (χ2n) is 9.92. The molecule has 6 rings (SSSR count).